The van der Waals surface area contributed by atoms with Crippen LogP contribution in [0.15, 0.2) is 24.3 Å². The summed E-state index contributed by atoms with van der Waals surface area (Å²) in [6.07, 6.45) is 0. The number of hydrogen-bond donors (Lipinski definition) is 2. The summed E-state index contributed by atoms with van der Waals surface area (Å²) in [6, 6.07) is 3.84. The molecular weight excluding hydrogens is 307 g/mol. The second-order valence-electron chi connectivity index (χ2n) is 3.98. The largest absolute Gasteiger partial charge is 0.373 e. The van der Waals surface area contributed by atoms with Crippen molar-refractivity contribution in [3.8, 4) is 0 Å². The second kappa shape index (κ2) is 6.01. The van der Waals surface area contributed by atoms with Crippen LogP contribution in [0.1, 0.15) is 10.5 Å². The maximum Gasteiger partial charge on any atom is 0.275 e. The number of halogens is 4. The van der Waals surface area contributed by atoms with Crippen LogP contribution in [0, 0.1) is 17.5 Å². The summed E-state index contributed by atoms with van der Waals surface area (Å²) in [7, 11) is 1.59. The van der Waals surface area contributed by atoms with Crippen molar-refractivity contribution in [3.05, 3.63) is 52.4 Å². The number of nitrogens with zero attached hydrogens (tertiary/aromatic N) is 1. The zero-order chi connectivity index (χ0) is 15.6. The molecule has 2 N–H and O–H groups in total. The van der Waals surface area contributed by atoms with Gasteiger partial charge in [0.15, 0.2) is 11.6 Å². The van der Waals surface area contributed by atoms with Crippen LogP contribution in [-0.4, -0.2) is 17.9 Å². The van der Waals surface area contributed by atoms with Crippen molar-refractivity contribution in [3.63, 3.8) is 0 Å². The first-order valence-electron chi connectivity index (χ1n) is 5.72. The number of nitrogens with one attached hydrogen (secondary N) is 2. The van der Waals surface area contributed by atoms with E-state index in [4.69, 9.17) is 11.6 Å². The molecule has 0 bridgehead atoms. The molecule has 0 aliphatic heterocycles. The van der Waals surface area contributed by atoms with Crippen molar-refractivity contribution >= 4 is 29.0 Å². The molecule has 2 rings (SSSR count). The number of aromatic nitrogens is 1. The highest BCUT2D eigenvalue weighted by Crippen LogP contribution is 2.21. The van der Waals surface area contributed by atoms with E-state index in [1.54, 1.807) is 7.05 Å². The van der Waals surface area contributed by atoms with Crippen LogP contribution in [0.3, 0.4) is 0 Å². The van der Waals surface area contributed by atoms with Gasteiger partial charge < -0.3 is 10.6 Å². The first kappa shape index (κ1) is 15.1. The Hall–Kier alpha value is -2.28. The van der Waals surface area contributed by atoms with Gasteiger partial charge in [-0.15, -0.1) is 0 Å². The summed E-state index contributed by atoms with van der Waals surface area (Å²) in [6.45, 7) is 0. The lowest BCUT2D eigenvalue weighted by Gasteiger charge is -2.09. The fourth-order valence-electron chi connectivity index (χ4n) is 1.54. The molecular formula is C13H9ClF3N3O. The summed E-state index contributed by atoms with van der Waals surface area (Å²) >= 11 is 5.83. The van der Waals surface area contributed by atoms with E-state index in [9.17, 15) is 18.0 Å². The Kier molecular flexibility index (Phi) is 4.32. The molecule has 21 heavy (non-hydrogen) atoms. The van der Waals surface area contributed by atoms with Gasteiger partial charge in [-0.3, -0.25) is 4.79 Å². The second-order valence-corrected chi connectivity index (χ2v) is 4.38. The van der Waals surface area contributed by atoms with Crippen LogP contribution in [0.5, 0.6) is 0 Å². The van der Waals surface area contributed by atoms with E-state index in [0.717, 1.165) is 0 Å². The van der Waals surface area contributed by atoms with Crippen LogP contribution < -0.4 is 10.6 Å². The summed E-state index contributed by atoms with van der Waals surface area (Å²) < 4.78 is 39.3. The third-order valence-electron chi connectivity index (χ3n) is 2.58. The molecule has 1 aromatic carbocycles. The minimum absolute atomic E-state index is 0.0366. The van der Waals surface area contributed by atoms with E-state index < -0.39 is 29.0 Å². The molecule has 1 heterocycles. The van der Waals surface area contributed by atoms with Gasteiger partial charge in [-0.25, -0.2) is 18.2 Å². The van der Waals surface area contributed by atoms with E-state index in [-0.39, 0.29) is 10.7 Å². The van der Waals surface area contributed by atoms with Crippen molar-refractivity contribution in [2.24, 2.45) is 0 Å². The molecule has 1 aromatic heterocycles. The molecule has 0 fully saturated rings. The van der Waals surface area contributed by atoms with Gasteiger partial charge in [0.25, 0.3) is 5.91 Å². The van der Waals surface area contributed by atoms with Gasteiger partial charge >= 0.3 is 0 Å². The SMILES string of the molecule is CNc1ccc(Cl)c(C(=O)Nc2cc(F)c(F)cc2F)n1. The Bertz CT molecular complexity index is 709. The number of pyridine rings is 1. The van der Waals surface area contributed by atoms with Crippen LogP contribution in [0.25, 0.3) is 0 Å². The zero-order valence-electron chi connectivity index (χ0n) is 10.7. The molecule has 0 aliphatic carbocycles. The number of carbonyl (C=O) groups is 1. The number of anilines is 2. The number of amides is 1. The Morgan fingerprint density at radius 2 is 1.81 bits per heavy atom. The van der Waals surface area contributed by atoms with Crippen molar-refractivity contribution in [2.45, 2.75) is 0 Å². The Labute approximate surface area is 122 Å². The van der Waals surface area contributed by atoms with E-state index in [0.29, 0.717) is 18.0 Å². The lowest BCUT2D eigenvalue weighted by molar-refractivity contribution is 0.102. The lowest BCUT2D eigenvalue weighted by atomic mass is 10.2. The minimum Gasteiger partial charge on any atom is -0.373 e. The van der Waals surface area contributed by atoms with Crippen molar-refractivity contribution < 1.29 is 18.0 Å². The summed E-state index contributed by atoms with van der Waals surface area (Å²) in [5.74, 6) is -4.21. The maximum absolute atomic E-state index is 13.5. The number of carbonyl (C=O) groups excluding carboxylic acids is 1. The highest BCUT2D eigenvalue weighted by Gasteiger charge is 2.17. The Morgan fingerprint density at radius 1 is 1.14 bits per heavy atom. The molecule has 4 nitrogen and oxygen atoms in total. The van der Waals surface area contributed by atoms with E-state index in [1.165, 1.54) is 12.1 Å². The third kappa shape index (κ3) is 3.25. The predicted molar refractivity (Wildman–Crippen MR) is 73.1 cm³/mol. The molecule has 1 amide bonds. The Morgan fingerprint density at radius 3 is 2.48 bits per heavy atom. The fourth-order valence-corrected chi connectivity index (χ4v) is 1.73. The summed E-state index contributed by atoms with van der Waals surface area (Å²) in [5, 5.41) is 4.84. The lowest BCUT2D eigenvalue weighted by Crippen LogP contribution is -2.16. The van der Waals surface area contributed by atoms with E-state index in [1.807, 2.05) is 0 Å². The standard InChI is InChI=1S/C13H9ClF3N3O/c1-18-11-3-2-6(14)12(20-11)13(21)19-10-5-8(16)7(15)4-9(10)17/h2-5H,1H3,(H,18,20)(H,19,21). The molecule has 0 atom stereocenters. The van der Waals surface area contributed by atoms with Gasteiger partial charge in [-0.1, -0.05) is 11.6 Å². The molecule has 0 unspecified atom stereocenters. The normalized spacial score (nSPS) is 10.3. The quantitative estimate of drug-likeness (QED) is 0.853. The van der Waals surface area contributed by atoms with Gasteiger partial charge in [0.05, 0.1) is 10.7 Å². The molecule has 110 valence electrons. The molecule has 0 spiro atoms. The number of hydrogen-bond acceptors (Lipinski definition) is 3. The van der Waals surface area contributed by atoms with Gasteiger partial charge in [-0.2, -0.15) is 0 Å². The van der Waals surface area contributed by atoms with Crippen LogP contribution in [0.2, 0.25) is 5.02 Å². The van der Waals surface area contributed by atoms with Gasteiger partial charge in [0.1, 0.15) is 17.3 Å². The molecule has 0 saturated heterocycles. The van der Waals surface area contributed by atoms with Gasteiger partial charge in [0, 0.05) is 19.2 Å². The average molecular weight is 316 g/mol. The monoisotopic (exact) mass is 315 g/mol. The summed E-state index contributed by atoms with van der Waals surface area (Å²) in [4.78, 5) is 15.9. The zero-order valence-corrected chi connectivity index (χ0v) is 11.4. The number of benzene rings is 1. The molecule has 2 aromatic rings. The average Bonchev–Trinajstić information content (AvgIpc) is 2.45. The van der Waals surface area contributed by atoms with E-state index in [2.05, 4.69) is 15.6 Å². The smallest absolute Gasteiger partial charge is 0.275 e. The van der Waals surface area contributed by atoms with Crippen molar-refractivity contribution in [1.82, 2.24) is 4.98 Å². The predicted octanol–water partition coefficient (Wildman–Crippen LogP) is 3.45. The molecule has 0 saturated carbocycles. The highest BCUT2D eigenvalue weighted by molar-refractivity contribution is 6.34. The van der Waals surface area contributed by atoms with E-state index >= 15 is 0 Å². The van der Waals surface area contributed by atoms with Gasteiger partial charge in [-0.05, 0) is 12.1 Å². The first-order valence-corrected chi connectivity index (χ1v) is 6.10. The molecule has 0 radical (unpaired) electrons. The Balaban J connectivity index is 2.32. The highest BCUT2D eigenvalue weighted by atomic mass is 35.5. The molecule has 8 heteroatoms. The minimum atomic E-state index is -1.35. The van der Waals surface area contributed by atoms with Crippen molar-refractivity contribution in [2.75, 3.05) is 17.7 Å². The van der Waals surface area contributed by atoms with Crippen LogP contribution in [0.4, 0.5) is 24.7 Å². The van der Waals surface area contributed by atoms with Crippen LogP contribution in [-0.2, 0) is 0 Å². The van der Waals surface area contributed by atoms with Crippen LogP contribution >= 0.6 is 11.6 Å². The topological polar surface area (TPSA) is 54.0 Å². The molecule has 0 aliphatic rings. The third-order valence-corrected chi connectivity index (χ3v) is 2.88. The number of rotatable bonds is 3. The van der Waals surface area contributed by atoms with Crippen molar-refractivity contribution in [1.29, 1.82) is 0 Å². The summed E-state index contributed by atoms with van der Waals surface area (Å²) in [5.41, 5.74) is -0.681. The maximum atomic E-state index is 13.5. The first-order chi connectivity index (χ1) is 9.92. The van der Waals surface area contributed by atoms with Gasteiger partial charge in [0.2, 0.25) is 0 Å². The fraction of sp³-hybridized carbons (Fsp3) is 0.0769.